The zero-order valence-electron chi connectivity index (χ0n) is 29.5. The number of hydrogen-bond donors (Lipinski definition) is 0. The van der Waals surface area contributed by atoms with Crippen molar-refractivity contribution in [1.29, 1.82) is 0 Å². The van der Waals surface area contributed by atoms with Gasteiger partial charge in [0.05, 0.1) is 0 Å². The zero-order valence-corrected chi connectivity index (χ0v) is 29.5. The van der Waals surface area contributed by atoms with Gasteiger partial charge in [0, 0.05) is 39.5 Å². The summed E-state index contributed by atoms with van der Waals surface area (Å²) in [5.41, 5.74) is 7.24. The quantitative estimate of drug-likeness (QED) is 0.171. The van der Waals surface area contributed by atoms with Crippen molar-refractivity contribution in [3.8, 4) is 11.5 Å². The van der Waals surface area contributed by atoms with Gasteiger partial charge in [-0.05, 0) is 115 Å². The van der Waals surface area contributed by atoms with Crippen LogP contribution in [-0.2, 0) is 0 Å². The number of fused-ring (bicyclic) bond motifs is 11. The molecule has 0 amide bonds. The number of aromatic nitrogens is 1. The molecule has 0 aliphatic heterocycles. The molecule has 0 fully saturated rings. The Labute approximate surface area is 315 Å². The SMILES string of the molecule is c1ccc2cc(N(c3ccc4c(c3)oc3cccc(-c5nc6cc7ccccc7cc6o5)c34)c3ccc4ccc5c6ccccc6ccc5c4c3)ccc2c1. The molecule has 0 bridgehead atoms. The summed E-state index contributed by atoms with van der Waals surface area (Å²) in [6.07, 6.45) is 0. The van der Waals surface area contributed by atoms with Crippen LogP contribution in [0.1, 0.15) is 0 Å². The minimum atomic E-state index is 0.580. The van der Waals surface area contributed by atoms with Crippen LogP contribution in [0.2, 0.25) is 0 Å². The van der Waals surface area contributed by atoms with Gasteiger partial charge in [0.2, 0.25) is 5.89 Å². The van der Waals surface area contributed by atoms with Gasteiger partial charge in [-0.1, -0.05) is 115 Å². The van der Waals surface area contributed by atoms with E-state index in [1.165, 1.54) is 43.1 Å². The summed E-state index contributed by atoms with van der Waals surface area (Å²) < 4.78 is 13.1. The first-order valence-electron chi connectivity index (χ1n) is 18.6. The number of hydrogen-bond acceptors (Lipinski definition) is 4. The smallest absolute Gasteiger partial charge is 0.228 e. The Hall–Kier alpha value is -7.43. The molecule has 55 heavy (non-hydrogen) atoms. The fourth-order valence-electron chi connectivity index (χ4n) is 8.57. The maximum Gasteiger partial charge on any atom is 0.228 e. The van der Waals surface area contributed by atoms with Gasteiger partial charge in [0.15, 0.2) is 5.58 Å². The normalized spacial score (nSPS) is 12.0. The van der Waals surface area contributed by atoms with Gasteiger partial charge >= 0.3 is 0 Å². The summed E-state index contributed by atoms with van der Waals surface area (Å²) in [5.74, 6) is 0.580. The van der Waals surface area contributed by atoms with E-state index in [4.69, 9.17) is 13.8 Å². The number of benzene rings is 10. The van der Waals surface area contributed by atoms with Crippen molar-refractivity contribution in [2.45, 2.75) is 0 Å². The Balaban J connectivity index is 1.05. The van der Waals surface area contributed by atoms with E-state index in [9.17, 15) is 0 Å². The summed E-state index contributed by atoms with van der Waals surface area (Å²) in [6.45, 7) is 0. The maximum absolute atomic E-state index is 6.66. The van der Waals surface area contributed by atoms with Crippen LogP contribution in [0.5, 0.6) is 0 Å². The zero-order chi connectivity index (χ0) is 36.0. The first-order valence-corrected chi connectivity index (χ1v) is 18.6. The summed E-state index contributed by atoms with van der Waals surface area (Å²) in [5, 5.41) is 14.1. The van der Waals surface area contributed by atoms with Crippen LogP contribution in [0.15, 0.2) is 191 Å². The van der Waals surface area contributed by atoms with E-state index < -0.39 is 0 Å². The second kappa shape index (κ2) is 11.5. The predicted octanol–water partition coefficient (Wildman–Crippen LogP) is 14.6. The summed E-state index contributed by atoms with van der Waals surface area (Å²) in [6, 6.07) is 64.7. The molecule has 4 nitrogen and oxygen atoms in total. The van der Waals surface area contributed by atoms with Gasteiger partial charge in [-0.2, -0.15) is 0 Å². The Morgan fingerprint density at radius 2 is 0.945 bits per heavy atom. The van der Waals surface area contributed by atoms with E-state index in [0.717, 1.165) is 66.4 Å². The second-order valence-corrected chi connectivity index (χ2v) is 14.4. The van der Waals surface area contributed by atoms with E-state index in [2.05, 4.69) is 163 Å². The van der Waals surface area contributed by atoms with Crippen molar-refractivity contribution in [1.82, 2.24) is 4.98 Å². The minimum Gasteiger partial charge on any atom is -0.456 e. The van der Waals surface area contributed by atoms with Gasteiger partial charge in [-0.15, -0.1) is 0 Å². The Kier molecular flexibility index (Phi) is 6.31. The highest BCUT2D eigenvalue weighted by molar-refractivity contribution is 6.18. The molecule has 0 saturated carbocycles. The lowest BCUT2D eigenvalue weighted by Crippen LogP contribution is -2.09. The van der Waals surface area contributed by atoms with Crippen molar-refractivity contribution in [3.63, 3.8) is 0 Å². The Morgan fingerprint density at radius 3 is 1.78 bits per heavy atom. The summed E-state index contributed by atoms with van der Waals surface area (Å²) in [4.78, 5) is 7.30. The van der Waals surface area contributed by atoms with Crippen LogP contribution < -0.4 is 4.90 Å². The van der Waals surface area contributed by atoms with E-state index >= 15 is 0 Å². The molecule has 10 aromatic carbocycles. The molecule has 0 saturated heterocycles. The molecule has 4 heteroatoms. The highest BCUT2D eigenvalue weighted by Gasteiger charge is 2.20. The average molecular weight is 703 g/mol. The minimum absolute atomic E-state index is 0.580. The molecule has 2 heterocycles. The van der Waals surface area contributed by atoms with E-state index in [1.807, 2.05) is 24.3 Å². The monoisotopic (exact) mass is 702 g/mol. The van der Waals surface area contributed by atoms with Crippen molar-refractivity contribution in [3.05, 3.63) is 182 Å². The second-order valence-electron chi connectivity index (χ2n) is 14.4. The molecule has 0 aliphatic rings. The van der Waals surface area contributed by atoms with Gasteiger partial charge in [0.25, 0.3) is 0 Å². The van der Waals surface area contributed by atoms with Crippen LogP contribution in [-0.4, -0.2) is 4.98 Å². The van der Waals surface area contributed by atoms with Crippen LogP contribution in [0.3, 0.4) is 0 Å². The lowest BCUT2D eigenvalue weighted by atomic mass is 9.96. The molecule has 0 aliphatic carbocycles. The first kappa shape index (κ1) is 30.1. The molecule has 12 aromatic rings. The highest BCUT2D eigenvalue weighted by Crippen LogP contribution is 2.43. The van der Waals surface area contributed by atoms with Crippen molar-refractivity contribution >= 4 is 104 Å². The summed E-state index contributed by atoms with van der Waals surface area (Å²) in [7, 11) is 0. The van der Waals surface area contributed by atoms with Crippen molar-refractivity contribution < 1.29 is 8.83 Å². The van der Waals surface area contributed by atoms with Crippen LogP contribution in [0.4, 0.5) is 17.1 Å². The molecule has 256 valence electrons. The fourth-order valence-corrected chi connectivity index (χ4v) is 8.57. The molecule has 12 rings (SSSR count). The molecule has 0 spiro atoms. The van der Waals surface area contributed by atoms with Gasteiger partial charge in [-0.25, -0.2) is 4.98 Å². The molecule has 2 aromatic heterocycles. The van der Waals surface area contributed by atoms with Crippen LogP contribution in [0.25, 0.3) is 98.4 Å². The first-order chi connectivity index (χ1) is 27.2. The number of furan rings is 1. The Bertz CT molecular complexity index is 3470. The van der Waals surface area contributed by atoms with Crippen LogP contribution in [0, 0.1) is 0 Å². The van der Waals surface area contributed by atoms with Crippen molar-refractivity contribution in [2.24, 2.45) is 0 Å². The van der Waals surface area contributed by atoms with E-state index in [1.54, 1.807) is 0 Å². The average Bonchev–Trinajstić information content (AvgIpc) is 3.83. The molecule has 0 atom stereocenters. The lowest BCUT2D eigenvalue weighted by molar-refractivity contribution is 0.620. The summed E-state index contributed by atoms with van der Waals surface area (Å²) >= 11 is 0. The Morgan fingerprint density at radius 1 is 0.345 bits per heavy atom. The van der Waals surface area contributed by atoms with E-state index in [-0.39, 0.29) is 0 Å². The third-order valence-electron chi connectivity index (χ3n) is 11.2. The fraction of sp³-hybridized carbons (Fsp3) is 0. The lowest BCUT2D eigenvalue weighted by Gasteiger charge is -2.26. The third kappa shape index (κ3) is 4.68. The third-order valence-corrected chi connectivity index (χ3v) is 11.2. The molecular weight excluding hydrogens is 673 g/mol. The number of anilines is 3. The van der Waals surface area contributed by atoms with Crippen molar-refractivity contribution in [2.75, 3.05) is 4.90 Å². The standard InChI is InChI=1S/C51H30N2O2/c1-2-10-34-26-37(20-16-31(34)8-1)53(38-21-17-33-19-23-41-40-13-6-5-9-32(40)18-24-42(41)45(33)29-38)39-22-25-43-48(30-39)54-47-15-7-14-44(50(43)47)51-52-46-27-35-11-3-4-12-36(35)28-49(46)55-51/h1-30H. The number of oxazole rings is 1. The molecule has 0 N–H and O–H groups in total. The molecular formula is C51H30N2O2. The van der Waals surface area contributed by atoms with Crippen LogP contribution >= 0.6 is 0 Å². The molecule has 0 radical (unpaired) electrons. The van der Waals surface area contributed by atoms with Gasteiger partial charge in [0.1, 0.15) is 16.7 Å². The number of rotatable bonds is 4. The van der Waals surface area contributed by atoms with E-state index in [0.29, 0.717) is 5.89 Å². The predicted molar refractivity (Wildman–Crippen MR) is 229 cm³/mol. The number of nitrogens with zero attached hydrogens (tertiary/aromatic N) is 2. The van der Waals surface area contributed by atoms with Gasteiger partial charge < -0.3 is 13.7 Å². The largest absolute Gasteiger partial charge is 0.456 e. The highest BCUT2D eigenvalue weighted by atomic mass is 16.3. The topological polar surface area (TPSA) is 42.4 Å². The molecule has 0 unspecified atom stereocenters. The van der Waals surface area contributed by atoms with Gasteiger partial charge in [-0.3, -0.25) is 0 Å². The maximum atomic E-state index is 6.66.